The predicted octanol–water partition coefficient (Wildman–Crippen LogP) is 1.27. The molecular formula is C12H29KNO-. The molecule has 1 fully saturated rings. The van der Waals surface area contributed by atoms with E-state index in [1.54, 1.807) is 0 Å². The first kappa shape index (κ1) is 25.4. The average molecular weight is 242 g/mol. The number of ether oxygens (including phenoxy) is 1. The Kier molecular flexibility index (Phi) is 50.1. The molecule has 0 spiro atoms. The Morgan fingerprint density at radius 2 is 1.33 bits per heavy atom. The van der Waals surface area contributed by atoms with Crippen molar-refractivity contribution in [1.29, 1.82) is 0 Å². The van der Waals surface area contributed by atoms with Crippen LogP contribution in [0.4, 0.5) is 0 Å². The molecule has 0 aliphatic carbocycles. The van der Waals surface area contributed by atoms with E-state index in [0.29, 0.717) is 0 Å². The van der Waals surface area contributed by atoms with Gasteiger partial charge >= 0.3 is 51.4 Å². The fourth-order valence-electron chi connectivity index (χ4n) is 0.879. The summed E-state index contributed by atoms with van der Waals surface area (Å²) in [6.45, 7) is 12.5. The second-order valence-electron chi connectivity index (χ2n) is 2.64. The van der Waals surface area contributed by atoms with Gasteiger partial charge in [0, 0.05) is 0 Å². The molecule has 0 bridgehead atoms. The molecule has 3 heteroatoms. The van der Waals surface area contributed by atoms with Gasteiger partial charge in [-0.1, -0.05) is 47.5 Å². The second-order valence-corrected chi connectivity index (χ2v) is 2.64. The van der Waals surface area contributed by atoms with E-state index in [9.17, 15) is 0 Å². The summed E-state index contributed by atoms with van der Waals surface area (Å²) in [7, 11) is 4.50. The third-order valence-corrected chi connectivity index (χ3v) is 1.56. The van der Waals surface area contributed by atoms with Crippen molar-refractivity contribution in [1.82, 2.24) is 0 Å². The van der Waals surface area contributed by atoms with E-state index in [2.05, 4.69) is 24.1 Å². The van der Waals surface area contributed by atoms with Crippen LogP contribution in [0.15, 0.2) is 0 Å². The summed E-state index contributed by atoms with van der Waals surface area (Å²) in [6, 6.07) is 0. The van der Waals surface area contributed by atoms with Crippen LogP contribution in [0.25, 0.3) is 5.32 Å². The van der Waals surface area contributed by atoms with Crippen LogP contribution in [-0.2, 0) is 4.74 Å². The van der Waals surface area contributed by atoms with Gasteiger partial charge in [0.15, 0.2) is 0 Å². The van der Waals surface area contributed by atoms with Crippen molar-refractivity contribution < 1.29 is 56.1 Å². The average Bonchev–Trinajstić information content (AvgIpc) is 2.26. The SMILES string of the molecule is CC.CC.CC1CC[N-]CC1.[CH2-]OC.[K+]. The van der Waals surface area contributed by atoms with Gasteiger partial charge in [-0.3, -0.25) is 0 Å². The summed E-state index contributed by atoms with van der Waals surface area (Å²) in [6.07, 6.45) is 2.64. The first-order valence-corrected chi connectivity index (χ1v) is 5.72. The van der Waals surface area contributed by atoms with Crippen LogP contribution in [0.3, 0.4) is 0 Å². The molecular weight excluding hydrogens is 213 g/mol. The van der Waals surface area contributed by atoms with Crippen molar-refractivity contribution in [3.8, 4) is 0 Å². The minimum Gasteiger partial charge on any atom is -0.662 e. The Labute approximate surface area is 140 Å². The van der Waals surface area contributed by atoms with E-state index in [1.807, 2.05) is 27.7 Å². The molecule has 0 aromatic carbocycles. The van der Waals surface area contributed by atoms with Gasteiger partial charge in [-0.25, -0.2) is 7.11 Å². The standard InChI is InChI=1S/C6H12N.C2H5O.2C2H6.K/c1-6-2-4-7-5-3-6;1-3-2;2*1-2;/h6H,2-5H2,1H3;1H2,2H3;2*1-2H3;/q2*-1;;;+1. The minimum absolute atomic E-state index is 0. The normalized spacial score (nSPS) is 13.8. The Balaban J connectivity index is -0.0000000658. The molecule has 0 N–H and O–H groups in total. The van der Waals surface area contributed by atoms with Gasteiger partial charge in [-0.2, -0.15) is 0 Å². The monoisotopic (exact) mass is 242 g/mol. The van der Waals surface area contributed by atoms with Crippen LogP contribution in [0.2, 0.25) is 0 Å². The zero-order valence-corrected chi connectivity index (χ0v) is 15.1. The molecule has 0 amide bonds. The van der Waals surface area contributed by atoms with E-state index in [1.165, 1.54) is 20.0 Å². The Morgan fingerprint density at radius 3 is 1.47 bits per heavy atom. The molecule has 1 rings (SSSR count). The van der Waals surface area contributed by atoms with Crippen molar-refractivity contribution in [3.05, 3.63) is 12.4 Å². The molecule has 15 heavy (non-hydrogen) atoms. The summed E-state index contributed by atoms with van der Waals surface area (Å²) in [5, 5.41) is 4.23. The van der Waals surface area contributed by atoms with Crippen molar-refractivity contribution >= 4 is 0 Å². The van der Waals surface area contributed by atoms with Crippen LogP contribution in [0, 0.1) is 13.0 Å². The van der Waals surface area contributed by atoms with Crippen LogP contribution in [0.5, 0.6) is 0 Å². The van der Waals surface area contributed by atoms with Gasteiger partial charge in [0.1, 0.15) is 0 Å². The van der Waals surface area contributed by atoms with Crippen molar-refractivity contribution in [2.24, 2.45) is 5.92 Å². The fourth-order valence-corrected chi connectivity index (χ4v) is 0.879. The molecule has 0 saturated carbocycles. The van der Waals surface area contributed by atoms with Crippen LogP contribution < -0.4 is 51.4 Å². The summed E-state index contributed by atoms with van der Waals surface area (Å²) in [5.74, 6) is 0.942. The first-order valence-electron chi connectivity index (χ1n) is 5.72. The third kappa shape index (κ3) is 31.3. The number of methoxy groups -OCH3 is 1. The van der Waals surface area contributed by atoms with Crippen molar-refractivity contribution in [3.63, 3.8) is 0 Å². The Bertz CT molecular complexity index is 66.6. The van der Waals surface area contributed by atoms with E-state index in [-0.39, 0.29) is 51.4 Å². The smallest absolute Gasteiger partial charge is 0.662 e. The molecule has 0 aromatic heterocycles. The molecule has 1 saturated heterocycles. The first-order chi connectivity index (χ1) is 6.81. The molecule has 0 aromatic rings. The minimum atomic E-state index is 0. The molecule has 90 valence electrons. The van der Waals surface area contributed by atoms with E-state index >= 15 is 0 Å². The molecule has 0 atom stereocenters. The maximum absolute atomic E-state index is 4.23. The van der Waals surface area contributed by atoms with Crippen LogP contribution in [-0.4, -0.2) is 20.2 Å². The fraction of sp³-hybridized carbons (Fsp3) is 0.917. The quantitative estimate of drug-likeness (QED) is 0.463. The van der Waals surface area contributed by atoms with Gasteiger partial charge in [-0.15, -0.1) is 13.1 Å². The largest absolute Gasteiger partial charge is 1.00 e. The Hall–Kier alpha value is 1.56. The topological polar surface area (TPSA) is 23.3 Å². The number of hydrogen-bond donors (Lipinski definition) is 0. The predicted molar refractivity (Wildman–Crippen MR) is 66.6 cm³/mol. The van der Waals surface area contributed by atoms with Gasteiger partial charge < -0.3 is 10.1 Å². The van der Waals surface area contributed by atoms with Crippen molar-refractivity contribution in [2.75, 3.05) is 20.2 Å². The van der Waals surface area contributed by atoms with E-state index in [4.69, 9.17) is 0 Å². The molecule has 2 nitrogen and oxygen atoms in total. The van der Waals surface area contributed by atoms with Gasteiger partial charge in [0.05, 0.1) is 0 Å². The second kappa shape index (κ2) is 29.6. The Morgan fingerprint density at radius 1 is 1.07 bits per heavy atom. The van der Waals surface area contributed by atoms with Crippen LogP contribution in [0.1, 0.15) is 47.5 Å². The van der Waals surface area contributed by atoms with Crippen molar-refractivity contribution in [2.45, 2.75) is 47.5 Å². The molecule has 0 unspecified atom stereocenters. The van der Waals surface area contributed by atoms with Gasteiger partial charge in [0.2, 0.25) is 0 Å². The zero-order valence-electron chi connectivity index (χ0n) is 12.0. The maximum atomic E-state index is 4.23. The molecule has 0 radical (unpaired) electrons. The maximum Gasteiger partial charge on any atom is 1.00 e. The number of rotatable bonds is 0. The van der Waals surface area contributed by atoms with Crippen LogP contribution >= 0.6 is 0 Å². The van der Waals surface area contributed by atoms with Gasteiger partial charge in [-0.05, 0) is 13.0 Å². The van der Waals surface area contributed by atoms with E-state index in [0.717, 1.165) is 19.0 Å². The summed E-state index contributed by atoms with van der Waals surface area (Å²) in [5.41, 5.74) is 0. The molecule has 1 aliphatic rings. The molecule has 1 heterocycles. The number of hydrogen-bond acceptors (Lipinski definition) is 1. The summed E-state index contributed by atoms with van der Waals surface area (Å²) < 4.78 is 4.00. The summed E-state index contributed by atoms with van der Waals surface area (Å²) in [4.78, 5) is 0. The van der Waals surface area contributed by atoms with E-state index < -0.39 is 0 Å². The number of piperidine rings is 1. The van der Waals surface area contributed by atoms with Gasteiger partial charge in [0.25, 0.3) is 0 Å². The summed E-state index contributed by atoms with van der Waals surface area (Å²) >= 11 is 0. The number of nitrogens with zero attached hydrogens (tertiary/aromatic N) is 1. The molecule has 1 aliphatic heterocycles. The zero-order chi connectivity index (χ0) is 11.8. The third-order valence-electron chi connectivity index (χ3n) is 1.56.